The minimum atomic E-state index is -0.134. The van der Waals surface area contributed by atoms with Crippen LogP contribution in [0, 0.1) is 5.41 Å². The molecule has 0 aliphatic rings. The van der Waals surface area contributed by atoms with Gasteiger partial charge in [-0.3, -0.25) is 0 Å². The summed E-state index contributed by atoms with van der Waals surface area (Å²) in [6.45, 7) is 0. The van der Waals surface area contributed by atoms with Gasteiger partial charge in [-0.15, -0.1) is 0 Å². The SMILES string of the molecule is N=C([Se])N=C=O. The third-order valence-electron chi connectivity index (χ3n) is 0.147. The van der Waals surface area contributed by atoms with Crippen LogP contribution >= 0.6 is 0 Å². The molecule has 0 fully saturated rings. The number of nitrogens with zero attached hydrogens (tertiary/aromatic N) is 1. The van der Waals surface area contributed by atoms with Crippen molar-refractivity contribution in [3.05, 3.63) is 0 Å². The van der Waals surface area contributed by atoms with Gasteiger partial charge >= 0.3 is 42.0 Å². The molecule has 0 rings (SSSR count). The third-order valence-corrected chi connectivity index (χ3v) is 0.339. The Morgan fingerprint density at radius 3 is 2.50 bits per heavy atom. The van der Waals surface area contributed by atoms with Crippen LogP contribution in [0.15, 0.2) is 4.99 Å². The second kappa shape index (κ2) is 2.79. The van der Waals surface area contributed by atoms with E-state index in [0.717, 1.165) is 0 Å². The van der Waals surface area contributed by atoms with E-state index < -0.39 is 0 Å². The standard InChI is InChI=1S/C2HN2OSe/c3-2(6)4-1-5/h3H. The predicted molar refractivity (Wildman–Crippen MR) is 21.6 cm³/mol. The first kappa shape index (κ1) is 5.57. The van der Waals surface area contributed by atoms with Gasteiger partial charge < -0.3 is 0 Å². The van der Waals surface area contributed by atoms with Crippen molar-refractivity contribution in [2.45, 2.75) is 0 Å². The molecule has 3 nitrogen and oxygen atoms in total. The molecule has 0 aromatic carbocycles. The van der Waals surface area contributed by atoms with E-state index in [1.165, 1.54) is 6.08 Å². The molecule has 0 aromatic rings. The summed E-state index contributed by atoms with van der Waals surface area (Å²) in [4.78, 5) is 12.0. The van der Waals surface area contributed by atoms with E-state index in [-0.39, 0.29) is 4.73 Å². The average Bonchev–Trinajstić information content (AvgIpc) is 1.35. The minimum absolute atomic E-state index is 0.134. The van der Waals surface area contributed by atoms with Crippen LogP contribution in [0.4, 0.5) is 0 Å². The zero-order chi connectivity index (χ0) is 4.99. The van der Waals surface area contributed by atoms with Crippen molar-refractivity contribution < 1.29 is 4.79 Å². The van der Waals surface area contributed by atoms with Gasteiger partial charge in [-0.25, -0.2) is 0 Å². The molecular formula is C2HN2OSe. The number of nitrogens with one attached hydrogen (secondary N) is 1. The number of hydrogen-bond acceptors (Lipinski definition) is 2. The molecule has 0 saturated heterocycles. The first-order valence-corrected chi connectivity index (χ1v) is 1.96. The summed E-state index contributed by atoms with van der Waals surface area (Å²) < 4.78 is -0.134. The summed E-state index contributed by atoms with van der Waals surface area (Å²) in [7, 11) is 0. The van der Waals surface area contributed by atoms with Gasteiger partial charge in [-0.1, -0.05) is 0 Å². The first-order valence-electron chi connectivity index (χ1n) is 1.11. The second-order valence-corrected chi connectivity index (χ2v) is 1.32. The van der Waals surface area contributed by atoms with Crippen molar-refractivity contribution in [2.75, 3.05) is 0 Å². The maximum absolute atomic E-state index is 9.16. The molecule has 0 bridgehead atoms. The van der Waals surface area contributed by atoms with Gasteiger partial charge in [-0.05, 0) is 0 Å². The number of isocyanates is 1. The molecule has 6 heavy (non-hydrogen) atoms. The number of hydrogen-bond donors (Lipinski definition) is 1. The van der Waals surface area contributed by atoms with Crippen molar-refractivity contribution in [1.82, 2.24) is 0 Å². The molecule has 0 aliphatic carbocycles. The van der Waals surface area contributed by atoms with E-state index in [0.29, 0.717) is 0 Å². The molecule has 0 atom stereocenters. The zero-order valence-corrected chi connectivity index (χ0v) is 4.48. The molecule has 1 N–H and O–H groups in total. The summed E-state index contributed by atoms with van der Waals surface area (Å²) >= 11 is 2.19. The van der Waals surface area contributed by atoms with E-state index in [1.807, 2.05) is 0 Å². The van der Waals surface area contributed by atoms with Crippen LogP contribution in [0.5, 0.6) is 0 Å². The molecule has 1 radical (unpaired) electrons. The van der Waals surface area contributed by atoms with Crippen LogP contribution in [0.25, 0.3) is 0 Å². The Hall–Kier alpha value is -0.431. The number of rotatable bonds is 0. The topological polar surface area (TPSA) is 53.3 Å². The molecule has 0 saturated carbocycles. The van der Waals surface area contributed by atoms with Crippen LogP contribution in [-0.2, 0) is 4.79 Å². The molecule has 0 heterocycles. The summed E-state index contributed by atoms with van der Waals surface area (Å²) in [5, 5.41) is 6.41. The Morgan fingerprint density at radius 1 is 2.00 bits per heavy atom. The Balaban J connectivity index is 3.60. The molecule has 0 spiro atoms. The monoisotopic (exact) mass is 149 g/mol. The normalized spacial score (nSPS) is 6.00. The summed E-state index contributed by atoms with van der Waals surface area (Å²) in [6, 6.07) is 0. The fraction of sp³-hybridized carbons (Fsp3) is 0. The molecule has 4 heteroatoms. The van der Waals surface area contributed by atoms with Gasteiger partial charge in [0.15, 0.2) is 0 Å². The van der Waals surface area contributed by atoms with Crippen LogP contribution < -0.4 is 0 Å². The van der Waals surface area contributed by atoms with Gasteiger partial charge in [0, 0.05) is 0 Å². The first-order chi connectivity index (χ1) is 2.77. The summed E-state index contributed by atoms with van der Waals surface area (Å²) in [5.41, 5.74) is 0. The molecule has 0 amide bonds. The van der Waals surface area contributed by atoms with Gasteiger partial charge in [0.05, 0.1) is 0 Å². The van der Waals surface area contributed by atoms with Gasteiger partial charge in [0.2, 0.25) is 0 Å². The fourth-order valence-corrected chi connectivity index (χ4v) is 0.120. The number of carbonyl (C=O) groups excluding carboxylic acids is 1. The Morgan fingerprint density at radius 2 is 2.50 bits per heavy atom. The van der Waals surface area contributed by atoms with Crippen LogP contribution in [-0.4, -0.2) is 26.8 Å². The van der Waals surface area contributed by atoms with Crippen LogP contribution in [0.1, 0.15) is 0 Å². The number of amidine groups is 1. The Bertz CT molecular complexity index is 104. The predicted octanol–water partition coefficient (Wildman–Crippen LogP) is -0.575. The van der Waals surface area contributed by atoms with Crippen LogP contribution in [0.2, 0.25) is 0 Å². The Kier molecular flexibility index (Phi) is 2.59. The van der Waals surface area contributed by atoms with Crippen molar-refractivity contribution >= 4 is 26.8 Å². The van der Waals surface area contributed by atoms with E-state index in [1.54, 1.807) is 0 Å². The van der Waals surface area contributed by atoms with Gasteiger partial charge in [0.1, 0.15) is 0 Å². The quantitative estimate of drug-likeness (QED) is 0.212. The van der Waals surface area contributed by atoms with Gasteiger partial charge in [0.25, 0.3) is 0 Å². The zero-order valence-electron chi connectivity index (χ0n) is 2.76. The van der Waals surface area contributed by atoms with E-state index >= 15 is 0 Å². The van der Waals surface area contributed by atoms with Gasteiger partial charge in [-0.2, -0.15) is 0 Å². The summed E-state index contributed by atoms with van der Waals surface area (Å²) in [5.74, 6) is 0. The van der Waals surface area contributed by atoms with Crippen molar-refractivity contribution in [2.24, 2.45) is 4.99 Å². The van der Waals surface area contributed by atoms with Crippen molar-refractivity contribution in [3.8, 4) is 0 Å². The fourth-order valence-electron chi connectivity index (χ4n) is 0.0415. The van der Waals surface area contributed by atoms with E-state index in [4.69, 9.17) is 10.2 Å². The Labute approximate surface area is 42.8 Å². The average molecular weight is 148 g/mol. The molecule has 0 aliphatic heterocycles. The number of aliphatic imine (C=N–C) groups is 1. The molecule has 0 aromatic heterocycles. The molecular weight excluding hydrogens is 147 g/mol. The van der Waals surface area contributed by atoms with E-state index in [9.17, 15) is 0 Å². The molecule has 31 valence electrons. The second-order valence-electron chi connectivity index (χ2n) is 0.508. The van der Waals surface area contributed by atoms with E-state index in [2.05, 4.69) is 21.0 Å². The van der Waals surface area contributed by atoms with Crippen molar-refractivity contribution in [3.63, 3.8) is 0 Å². The summed E-state index contributed by atoms with van der Waals surface area (Å²) in [6.07, 6.45) is 1.19. The van der Waals surface area contributed by atoms with Crippen LogP contribution in [0.3, 0.4) is 0 Å². The maximum atomic E-state index is 9.16. The third kappa shape index (κ3) is 3.57. The van der Waals surface area contributed by atoms with Crippen molar-refractivity contribution in [1.29, 1.82) is 5.41 Å². The molecule has 0 unspecified atom stereocenters.